The second-order valence-corrected chi connectivity index (χ2v) is 6.82. The summed E-state index contributed by atoms with van der Waals surface area (Å²) in [7, 11) is 0. The predicted octanol–water partition coefficient (Wildman–Crippen LogP) is 3.86. The summed E-state index contributed by atoms with van der Waals surface area (Å²) >= 11 is 3.61. The van der Waals surface area contributed by atoms with Crippen molar-refractivity contribution in [3.63, 3.8) is 0 Å². The van der Waals surface area contributed by atoms with Crippen molar-refractivity contribution in [2.45, 2.75) is 18.2 Å². The summed E-state index contributed by atoms with van der Waals surface area (Å²) in [6.45, 7) is 0. The first kappa shape index (κ1) is 13.1. The Kier molecular flexibility index (Phi) is 3.60. The van der Waals surface area contributed by atoms with Crippen molar-refractivity contribution in [2.75, 3.05) is 5.75 Å². The molecule has 1 atom stereocenters. The largest absolute Gasteiger partial charge is 0.320 e. The lowest BCUT2D eigenvalue weighted by Gasteiger charge is -2.10. The molecule has 0 spiro atoms. The lowest BCUT2D eigenvalue weighted by atomic mass is 10.1. The number of nitrogens with two attached hydrogens (primary N) is 1. The molecule has 19 heavy (non-hydrogen) atoms. The smallest absolute Gasteiger partial charge is 0.159 e. The predicted molar refractivity (Wildman–Crippen MR) is 76.6 cm³/mol. The Balaban J connectivity index is 1.92. The van der Waals surface area contributed by atoms with Gasteiger partial charge in [-0.1, -0.05) is 6.07 Å². The van der Waals surface area contributed by atoms with Gasteiger partial charge in [-0.15, -0.1) is 11.3 Å². The van der Waals surface area contributed by atoms with Gasteiger partial charge >= 0.3 is 0 Å². The average Bonchev–Trinajstić information content (AvgIpc) is 2.85. The number of rotatable bonds is 2. The third-order valence-corrected chi connectivity index (χ3v) is 5.58. The van der Waals surface area contributed by atoms with Crippen LogP contribution >= 0.6 is 23.1 Å². The Labute approximate surface area is 118 Å². The summed E-state index contributed by atoms with van der Waals surface area (Å²) in [5, 5.41) is 0. The SMILES string of the molecule is NC(c1ccc(F)c(F)c1)c1cc2c(s1)CCSC2. The van der Waals surface area contributed by atoms with E-state index in [-0.39, 0.29) is 6.04 Å². The first-order valence-corrected chi connectivity index (χ1v) is 8.02. The number of halogens is 2. The zero-order chi connectivity index (χ0) is 13.4. The van der Waals surface area contributed by atoms with Crippen molar-refractivity contribution >= 4 is 23.1 Å². The molecule has 0 aliphatic carbocycles. The van der Waals surface area contributed by atoms with Crippen LogP contribution in [0.3, 0.4) is 0 Å². The van der Waals surface area contributed by atoms with E-state index in [1.165, 1.54) is 16.5 Å². The molecule has 0 amide bonds. The molecule has 1 aliphatic heterocycles. The molecule has 1 aromatic carbocycles. The van der Waals surface area contributed by atoms with E-state index in [2.05, 4.69) is 6.07 Å². The maximum Gasteiger partial charge on any atom is 0.159 e. The number of aryl methyl sites for hydroxylation is 1. The summed E-state index contributed by atoms with van der Waals surface area (Å²) in [6, 6.07) is 5.60. The van der Waals surface area contributed by atoms with Crippen LogP contribution in [-0.2, 0) is 12.2 Å². The number of benzene rings is 1. The highest BCUT2D eigenvalue weighted by atomic mass is 32.2. The quantitative estimate of drug-likeness (QED) is 0.911. The highest BCUT2D eigenvalue weighted by Gasteiger charge is 2.19. The molecule has 1 aromatic heterocycles. The molecule has 0 fully saturated rings. The number of thioether (sulfide) groups is 1. The normalized spacial score (nSPS) is 16.2. The van der Waals surface area contributed by atoms with Crippen molar-refractivity contribution in [3.05, 3.63) is 56.8 Å². The van der Waals surface area contributed by atoms with E-state index in [0.29, 0.717) is 5.56 Å². The van der Waals surface area contributed by atoms with Gasteiger partial charge < -0.3 is 5.73 Å². The molecule has 2 N–H and O–H groups in total. The van der Waals surface area contributed by atoms with Crippen LogP contribution in [0.2, 0.25) is 0 Å². The number of hydrogen-bond donors (Lipinski definition) is 1. The minimum Gasteiger partial charge on any atom is -0.320 e. The minimum atomic E-state index is -0.843. The molecule has 100 valence electrons. The van der Waals surface area contributed by atoms with E-state index >= 15 is 0 Å². The van der Waals surface area contributed by atoms with Crippen LogP contribution in [0.5, 0.6) is 0 Å². The number of hydrogen-bond acceptors (Lipinski definition) is 3. The van der Waals surface area contributed by atoms with Gasteiger partial charge in [0.1, 0.15) is 0 Å². The standard InChI is InChI=1S/C14H13F2NS2/c15-10-2-1-8(5-11(10)16)14(17)13-6-9-7-18-4-3-12(9)19-13/h1-2,5-6,14H,3-4,7,17H2. The van der Waals surface area contributed by atoms with E-state index in [1.807, 2.05) is 11.8 Å². The second-order valence-electron chi connectivity index (χ2n) is 4.55. The molecule has 1 unspecified atom stereocenters. The Morgan fingerprint density at radius 1 is 1.16 bits per heavy atom. The molecule has 0 radical (unpaired) electrons. The van der Waals surface area contributed by atoms with E-state index in [4.69, 9.17) is 5.73 Å². The molecule has 5 heteroatoms. The molecular formula is C14H13F2NS2. The van der Waals surface area contributed by atoms with Crippen molar-refractivity contribution in [3.8, 4) is 0 Å². The van der Waals surface area contributed by atoms with Crippen LogP contribution in [-0.4, -0.2) is 5.75 Å². The molecule has 0 saturated carbocycles. The Bertz CT molecular complexity index is 586. The first-order valence-electron chi connectivity index (χ1n) is 6.05. The molecule has 0 saturated heterocycles. The van der Waals surface area contributed by atoms with Crippen molar-refractivity contribution in [1.29, 1.82) is 0 Å². The minimum absolute atomic E-state index is 0.379. The third kappa shape index (κ3) is 2.55. The summed E-state index contributed by atoms with van der Waals surface area (Å²) in [5.41, 5.74) is 8.12. The van der Waals surface area contributed by atoms with Crippen LogP contribution in [0.25, 0.3) is 0 Å². The molecular weight excluding hydrogens is 284 g/mol. The highest BCUT2D eigenvalue weighted by molar-refractivity contribution is 7.98. The van der Waals surface area contributed by atoms with Gasteiger partial charge in [0.2, 0.25) is 0 Å². The molecule has 1 aliphatic rings. The maximum absolute atomic E-state index is 13.3. The molecule has 0 bridgehead atoms. The summed E-state index contributed by atoms with van der Waals surface area (Å²) < 4.78 is 26.2. The zero-order valence-electron chi connectivity index (χ0n) is 10.2. The second kappa shape index (κ2) is 5.23. The van der Waals surface area contributed by atoms with Gasteiger partial charge in [0.25, 0.3) is 0 Å². The highest BCUT2D eigenvalue weighted by Crippen LogP contribution is 2.35. The van der Waals surface area contributed by atoms with E-state index in [0.717, 1.165) is 28.9 Å². The number of fused-ring (bicyclic) bond motifs is 1. The summed E-state index contributed by atoms with van der Waals surface area (Å²) in [5.74, 6) is 0.492. The zero-order valence-corrected chi connectivity index (χ0v) is 11.8. The molecule has 1 nitrogen and oxygen atoms in total. The monoisotopic (exact) mass is 297 g/mol. The van der Waals surface area contributed by atoms with Crippen LogP contribution in [0.4, 0.5) is 8.78 Å². The summed E-state index contributed by atoms with van der Waals surface area (Å²) in [6.07, 6.45) is 1.08. The van der Waals surface area contributed by atoms with Gasteiger partial charge in [-0.3, -0.25) is 0 Å². The number of thiophene rings is 1. The van der Waals surface area contributed by atoms with Crippen LogP contribution < -0.4 is 5.73 Å². The van der Waals surface area contributed by atoms with Crippen molar-refractivity contribution in [1.82, 2.24) is 0 Å². The Morgan fingerprint density at radius 3 is 2.74 bits per heavy atom. The molecule has 3 rings (SSSR count). The topological polar surface area (TPSA) is 26.0 Å². The van der Waals surface area contributed by atoms with Gasteiger partial charge in [0.05, 0.1) is 6.04 Å². The van der Waals surface area contributed by atoms with E-state index in [9.17, 15) is 8.78 Å². The van der Waals surface area contributed by atoms with Gasteiger partial charge in [-0.25, -0.2) is 8.78 Å². The van der Waals surface area contributed by atoms with Crippen LogP contribution in [0.15, 0.2) is 24.3 Å². The molecule has 2 aromatic rings. The van der Waals surface area contributed by atoms with Crippen LogP contribution in [0.1, 0.15) is 26.9 Å². The maximum atomic E-state index is 13.3. The van der Waals surface area contributed by atoms with Gasteiger partial charge in [-0.2, -0.15) is 11.8 Å². The average molecular weight is 297 g/mol. The Morgan fingerprint density at radius 2 is 2.00 bits per heavy atom. The van der Waals surface area contributed by atoms with Crippen molar-refractivity contribution in [2.24, 2.45) is 5.73 Å². The fraction of sp³-hybridized carbons (Fsp3) is 0.286. The fourth-order valence-corrected chi connectivity index (χ4v) is 4.60. The summed E-state index contributed by atoms with van der Waals surface area (Å²) in [4.78, 5) is 2.41. The van der Waals surface area contributed by atoms with Crippen molar-refractivity contribution < 1.29 is 8.78 Å². The van der Waals surface area contributed by atoms with Crippen LogP contribution in [0, 0.1) is 11.6 Å². The Hall–Kier alpha value is -0.910. The first-order chi connectivity index (χ1) is 9.15. The lowest BCUT2D eigenvalue weighted by molar-refractivity contribution is 0.506. The van der Waals surface area contributed by atoms with Gasteiger partial charge in [0, 0.05) is 15.5 Å². The lowest BCUT2D eigenvalue weighted by Crippen LogP contribution is -2.10. The fourth-order valence-electron chi connectivity index (χ4n) is 2.19. The van der Waals surface area contributed by atoms with Gasteiger partial charge in [-0.05, 0) is 41.5 Å². The van der Waals surface area contributed by atoms with E-state index in [1.54, 1.807) is 17.4 Å². The van der Waals surface area contributed by atoms with E-state index < -0.39 is 11.6 Å². The molecule has 2 heterocycles. The van der Waals surface area contributed by atoms with Gasteiger partial charge in [0.15, 0.2) is 11.6 Å². The third-order valence-electron chi connectivity index (χ3n) is 3.26.